The van der Waals surface area contributed by atoms with E-state index in [1.165, 1.54) is 0 Å². The zero-order chi connectivity index (χ0) is 19.2. The van der Waals surface area contributed by atoms with E-state index in [2.05, 4.69) is 0 Å². The Bertz CT molecular complexity index is 820. The fraction of sp³-hybridized carbons (Fsp3) is 0.333. The molecule has 0 saturated carbocycles. The molecule has 1 amide bonds. The van der Waals surface area contributed by atoms with Crippen LogP contribution in [0.2, 0.25) is 0 Å². The number of carboxylic acids is 1. The van der Waals surface area contributed by atoms with Crippen molar-refractivity contribution in [3.8, 4) is 5.75 Å². The first-order valence-electron chi connectivity index (χ1n) is 8.92. The molecule has 0 saturated heterocycles. The Balaban J connectivity index is 1.75. The zero-order valence-corrected chi connectivity index (χ0v) is 15.3. The van der Waals surface area contributed by atoms with Crippen LogP contribution in [0, 0.1) is 0 Å². The normalized spacial score (nSPS) is 15.9. The van der Waals surface area contributed by atoms with Gasteiger partial charge < -0.3 is 19.5 Å². The van der Waals surface area contributed by atoms with Crippen molar-refractivity contribution in [3.05, 3.63) is 65.2 Å². The van der Waals surface area contributed by atoms with E-state index in [0.717, 1.165) is 17.5 Å². The Kier molecular flexibility index (Phi) is 6.08. The summed E-state index contributed by atoms with van der Waals surface area (Å²) in [6.45, 7) is 1.67. The molecule has 0 fully saturated rings. The molecule has 0 aromatic heterocycles. The SMILES string of the molecule is COCCCOc1cccc(C(=O)N2Cc3ccccc3C(C(=O)O)C2)c1. The quantitative estimate of drug-likeness (QED) is 0.760. The number of fused-ring (bicyclic) bond motifs is 1. The van der Waals surface area contributed by atoms with Gasteiger partial charge in [0.1, 0.15) is 5.75 Å². The molecule has 0 spiro atoms. The summed E-state index contributed by atoms with van der Waals surface area (Å²) < 4.78 is 10.6. The number of carboxylic acid groups (broad SMARTS) is 1. The molecule has 6 heteroatoms. The molecule has 2 aromatic carbocycles. The molecule has 1 aliphatic rings. The number of benzene rings is 2. The van der Waals surface area contributed by atoms with Gasteiger partial charge in [-0.2, -0.15) is 0 Å². The van der Waals surface area contributed by atoms with Crippen LogP contribution in [0.1, 0.15) is 33.8 Å². The molecule has 2 aromatic rings. The van der Waals surface area contributed by atoms with E-state index in [-0.39, 0.29) is 12.5 Å². The molecule has 0 bridgehead atoms. The summed E-state index contributed by atoms with van der Waals surface area (Å²) in [4.78, 5) is 26.2. The molecule has 1 aliphatic heterocycles. The van der Waals surface area contributed by atoms with Gasteiger partial charge in [-0.05, 0) is 29.3 Å². The Labute approximate surface area is 158 Å². The third-order valence-corrected chi connectivity index (χ3v) is 4.62. The third kappa shape index (κ3) is 4.46. The van der Waals surface area contributed by atoms with Crippen LogP contribution in [0.15, 0.2) is 48.5 Å². The van der Waals surface area contributed by atoms with E-state index in [4.69, 9.17) is 9.47 Å². The highest BCUT2D eigenvalue weighted by molar-refractivity contribution is 5.95. The number of carbonyl (C=O) groups excluding carboxylic acids is 1. The highest BCUT2D eigenvalue weighted by atomic mass is 16.5. The highest BCUT2D eigenvalue weighted by Gasteiger charge is 2.32. The third-order valence-electron chi connectivity index (χ3n) is 4.62. The lowest BCUT2D eigenvalue weighted by Crippen LogP contribution is -2.40. The van der Waals surface area contributed by atoms with Gasteiger partial charge in [-0.15, -0.1) is 0 Å². The van der Waals surface area contributed by atoms with Crippen molar-refractivity contribution in [2.75, 3.05) is 26.9 Å². The van der Waals surface area contributed by atoms with E-state index >= 15 is 0 Å². The summed E-state index contributed by atoms with van der Waals surface area (Å²) in [5.74, 6) is -1.22. The van der Waals surface area contributed by atoms with Crippen LogP contribution in [0.5, 0.6) is 5.75 Å². The summed E-state index contributed by atoms with van der Waals surface area (Å²) in [5.41, 5.74) is 2.14. The average Bonchev–Trinajstić information content (AvgIpc) is 2.70. The maximum absolute atomic E-state index is 13.0. The van der Waals surface area contributed by atoms with Crippen molar-refractivity contribution in [3.63, 3.8) is 0 Å². The van der Waals surface area contributed by atoms with Crippen molar-refractivity contribution in [2.24, 2.45) is 0 Å². The van der Waals surface area contributed by atoms with Gasteiger partial charge in [0.25, 0.3) is 5.91 Å². The summed E-state index contributed by atoms with van der Waals surface area (Å²) in [6, 6.07) is 14.4. The fourth-order valence-corrected chi connectivity index (χ4v) is 3.27. The molecule has 1 heterocycles. The number of hydrogen-bond acceptors (Lipinski definition) is 4. The Morgan fingerprint density at radius 1 is 1.15 bits per heavy atom. The van der Waals surface area contributed by atoms with Crippen LogP contribution in [0.25, 0.3) is 0 Å². The molecule has 27 heavy (non-hydrogen) atoms. The smallest absolute Gasteiger partial charge is 0.312 e. The average molecular weight is 369 g/mol. The molecule has 1 unspecified atom stereocenters. The minimum absolute atomic E-state index is 0.157. The first-order valence-corrected chi connectivity index (χ1v) is 8.92. The first kappa shape index (κ1) is 18.9. The van der Waals surface area contributed by atoms with Crippen LogP contribution in [0.3, 0.4) is 0 Å². The van der Waals surface area contributed by atoms with Gasteiger partial charge in [0, 0.05) is 38.8 Å². The number of nitrogens with zero attached hydrogens (tertiary/aromatic N) is 1. The van der Waals surface area contributed by atoms with Gasteiger partial charge in [0.15, 0.2) is 0 Å². The molecule has 3 rings (SSSR count). The van der Waals surface area contributed by atoms with E-state index in [1.807, 2.05) is 24.3 Å². The van der Waals surface area contributed by atoms with Crippen molar-refractivity contribution < 1.29 is 24.2 Å². The van der Waals surface area contributed by atoms with Crippen LogP contribution < -0.4 is 4.74 Å². The number of ether oxygens (including phenoxy) is 2. The monoisotopic (exact) mass is 369 g/mol. The highest BCUT2D eigenvalue weighted by Crippen LogP contribution is 2.29. The minimum Gasteiger partial charge on any atom is -0.493 e. The first-order chi connectivity index (χ1) is 13.1. The van der Waals surface area contributed by atoms with Crippen LogP contribution >= 0.6 is 0 Å². The Morgan fingerprint density at radius 3 is 2.74 bits per heavy atom. The van der Waals surface area contributed by atoms with Gasteiger partial charge in [-0.3, -0.25) is 9.59 Å². The number of rotatable bonds is 7. The second-order valence-corrected chi connectivity index (χ2v) is 6.50. The number of aliphatic carboxylic acids is 1. The number of carbonyl (C=O) groups is 2. The van der Waals surface area contributed by atoms with E-state index < -0.39 is 11.9 Å². The van der Waals surface area contributed by atoms with Crippen molar-refractivity contribution in [1.29, 1.82) is 0 Å². The summed E-state index contributed by atoms with van der Waals surface area (Å²) in [7, 11) is 1.64. The van der Waals surface area contributed by atoms with Crippen LogP contribution in [0.4, 0.5) is 0 Å². The standard InChI is InChI=1S/C21H23NO5/c1-26-10-5-11-27-17-8-4-7-15(12-17)20(23)22-13-16-6-2-3-9-18(16)19(14-22)21(24)25/h2-4,6-9,12,19H,5,10-11,13-14H2,1H3,(H,24,25). The molecule has 0 aliphatic carbocycles. The van der Waals surface area contributed by atoms with Gasteiger partial charge in [-0.25, -0.2) is 0 Å². The predicted molar refractivity (Wildman–Crippen MR) is 100.0 cm³/mol. The second-order valence-electron chi connectivity index (χ2n) is 6.50. The van der Waals surface area contributed by atoms with E-state index in [9.17, 15) is 14.7 Å². The molecule has 0 radical (unpaired) electrons. The Hall–Kier alpha value is -2.86. The summed E-state index contributed by atoms with van der Waals surface area (Å²) in [5, 5.41) is 9.57. The van der Waals surface area contributed by atoms with Crippen LogP contribution in [-0.4, -0.2) is 48.8 Å². The number of methoxy groups -OCH3 is 1. The molecular formula is C21H23NO5. The predicted octanol–water partition coefficient (Wildman–Crippen LogP) is 2.93. The van der Waals surface area contributed by atoms with E-state index in [1.54, 1.807) is 36.3 Å². The maximum Gasteiger partial charge on any atom is 0.312 e. The molecule has 1 N–H and O–H groups in total. The second kappa shape index (κ2) is 8.68. The molecule has 1 atom stereocenters. The molecular weight excluding hydrogens is 346 g/mol. The van der Waals surface area contributed by atoms with Gasteiger partial charge in [-0.1, -0.05) is 30.3 Å². The number of hydrogen-bond donors (Lipinski definition) is 1. The number of amides is 1. The van der Waals surface area contributed by atoms with Crippen LogP contribution in [-0.2, 0) is 16.1 Å². The topological polar surface area (TPSA) is 76.1 Å². The summed E-state index contributed by atoms with van der Waals surface area (Å²) >= 11 is 0. The maximum atomic E-state index is 13.0. The lowest BCUT2D eigenvalue weighted by molar-refractivity contribution is -0.139. The minimum atomic E-state index is -0.921. The lowest BCUT2D eigenvalue weighted by atomic mass is 9.89. The Morgan fingerprint density at radius 2 is 1.96 bits per heavy atom. The zero-order valence-electron chi connectivity index (χ0n) is 15.3. The van der Waals surface area contributed by atoms with E-state index in [0.29, 0.717) is 31.1 Å². The summed E-state index contributed by atoms with van der Waals surface area (Å²) in [6.07, 6.45) is 0.762. The molecule has 6 nitrogen and oxygen atoms in total. The van der Waals surface area contributed by atoms with Gasteiger partial charge in [0.05, 0.1) is 12.5 Å². The fourth-order valence-electron chi connectivity index (χ4n) is 3.27. The van der Waals surface area contributed by atoms with Gasteiger partial charge >= 0.3 is 5.97 Å². The molecule has 142 valence electrons. The lowest BCUT2D eigenvalue weighted by Gasteiger charge is -2.33. The van der Waals surface area contributed by atoms with Crippen molar-refractivity contribution in [1.82, 2.24) is 4.90 Å². The van der Waals surface area contributed by atoms with Crippen molar-refractivity contribution in [2.45, 2.75) is 18.9 Å². The van der Waals surface area contributed by atoms with Gasteiger partial charge in [0.2, 0.25) is 0 Å². The largest absolute Gasteiger partial charge is 0.493 e. The van der Waals surface area contributed by atoms with Crippen molar-refractivity contribution >= 4 is 11.9 Å².